The SMILES string of the molecule is CCc1cccc(OC(=O)CNC(=O)NC(C)(C)C)c1. The average Bonchev–Trinajstić information content (AvgIpc) is 2.34. The number of carbonyl (C=O) groups is 2. The van der Waals surface area contributed by atoms with Crippen molar-refractivity contribution in [1.29, 1.82) is 0 Å². The van der Waals surface area contributed by atoms with Crippen LogP contribution in [0, 0.1) is 0 Å². The molecule has 0 aromatic heterocycles. The second-order valence-corrected chi connectivity index (χ2v) is 5.53. The van der Waals surface area contributed by atoms with Crippen molar-refractivity contribution >= 4 is 12.0 Å². The lowest BCUT2D eigenvalue weighted by Crippen LogP contribution is -2.48. The van der Waals surface area contributed by atoms with E-state index in [1.54, 1.807) is 6.07 Å². The van der Waals surface area contributed by atoms with E-state index < -0.39 is 12.0 Å². The van der Waals surface area contributed by atoms with E-state index in [4.69, 9.17) is 4.74 Å². The predicted molar refractivity (Wildman–Crippen MR) is 77.7 cm³/mol. The number of hydrogen-bond acceptors (Lipinski definition) is 3. The molecule has 0 saturated heterocycles. The molecule has 5 heteroatoms. The molecule has 0 aliphatic rings. The highest BCUT2D eigenvalue weighted by atomic mass is 16.5. The maximum absolute atomic E-state index is 11.6. The van der Waals surface area contributed by atoms with Gasteiger partial charge in [-0.1, -0.05) is 19.1 Å². The number of benzene rings is 1. The summed E-state index contributed by atoms with van der Waals surface area (Å²) in [5.41, 5.74) is 0.748. The molecular weight excluding hydrogens is 256 g/mol. The van der Waals surface area contributed by atoms with Gasteiger partial charge in [0.15, 0.2) is 0 Å². The lowest BCUT2D eigenvalue weighted by molar-refractivity contribution is -0.133. The Morgan fingerprint density at radius 3 is 2.55 bits per heavy atom. The molecule has 0 spiro atoms. The van der Waals surface area contributed by atoms with Gasteiger partial charge in [0.25, 0.3) is 0 Å². The molecule has 0 fully saturated rings. The van der Waals surface area contributed by atoms with E-state index >= 15 is 0 Å². The Labute approximate surface area is 119 Å². The number of hydrogen-bond donors (Lipinski definition) is 2. The Morgan fingerprint density at radius 2 is 1.95 bits per heavy atom. The predicted octanol–water partition coefficient (Wildman–Crippen LogP) is 2.25. The summed E-state index contributed by atoms with van der Waals surface area (Å²) in [5, 5.41) is 5.16. The van der Waals surface area contributed by atoms with Crippen molar-refractivity contribution in [3.05, 3.63) is 29.8 Å². The summed E-state index contributed by atoms with van der Waals surface area (Å²) in [6, 6.07) is 6.93. The molecule has 0 atom stereocenters. The van der Waals surface area contributed by atoms with Gasteiger partial charge in [-0.15, -0.1) is 0 Å². The molecule has 0 saturated carbocycles. The Hall–Kier alpha value is -2.04. The molecule has 1 aromatic rings. The van der Waals surface area contributed by atoms with Gasteiger partial charge in [0.2, 0.25) is 0 Å². The minimum Gasteiger partial charge on any atom is -0.425 e. The van der Waals surface area contributed by atoms with E-state index in [2.05, 4.69) is 10.6 Å². The van der Waals surface area contributed by atoms with Crippen molar-refractivity contribution in [1.82, 2.24) is 10.6 Å². The number of aryl methyl sites for hydroxylation is 1. The average molecular weight is 278 g/mol. The van der Waals surface area contributed by atoms with Crippen LogP contribution < -0.4 is 15.4 Å². The topological polar surface area (TPSA) is 67.4 Å². The molecule has 0 aliphatic carbocycles. The fourth-order valence-electron chi connectivity index (χ4n) is 1.53. The standard InChI is InChI=1S/C15H22N2O3/c1-5-11-7-6-8-12(9-11)20-13(18)10-16-14(19)17-15(2,3)4/h6-9H,5,10H2,1-4H3,(H2,16,17,19). The summed E-state index contributed by atoms with van der Waals surface area (Å²) in [6.45, 7) is 7.45. The summed E-state index contributed by atoms with van der Waals surface area (Å²) in [4.78, 5) is 23.1. The molecule has 1 rings (SSSR count). The second kappa shape index (κ2) is 6.93. The molecule has 20 heavy (non-hydrogen) atoms. The van der Waals surface area contributed by atoms with Crippen molar-refractivity contribution in [2.75, 3.05) is 6.54 Å². The van der Waals surface area contributed by atoms with Crippen LogP contribution in [-0.2, 0) is 11.2 Å². The first-order chi connectivity index (χ1) is 9.30. The molecule has 2 amide bonds. The van der Waals surface area contributed by atoms with Gasteiger partial charge in [0.05, 0.1) is 0 Å². The molecule has 1 aromatic carbocycles. The van der Waals surface area contributed by atoms with Crippen LogP contribution in [0.3, 0.4) is 0 Å². The van der Waals surface area contributed by atoms with Crippen molar-refractivity contribution in [3.63, 3.8) is 0 Å². The summed E-state index contributed by atoms with van der Waals surface area (Å²) < 4.78 is 5.16. The largest absolute Gasteiger partial charge is 0.425 e. The van der Waals surface area contributed by atoms with E-state index in [-0.39, 0.29) is 12.1 Å². The van der Waals surface area contributed by atoms with Crippen LogP contribution in [0.2, 0.25) is 0 Å². The molecule has 5 nitrogen and oxygen atoms in total. The first-order valence-electron chi connectivity index (χ1n) is 6.66. The maximum Gasteiger partial charge on any atom is 0.330 e. The van der Waals surface area contributed by atoms with E-state index in [0.29, 0.717) is 5.75 Å². The van der Waals surface area contributed by atoms with Crippen LogP contribution in [0.15, 0.2) is 24.3 Å². The zero-order valence-corrected chi connectivity index (χ0v) is 12.4. The number of rotatable bonds is 4. The molecule has 0 bridgehead atoms. The summed E-state index contributed by atoms with van der Waals surface area (Å²) >= 11 is 0. The van der Waals surface area contributed by atoms with Gasteiger partial charge in [-0.25, -0.2) is 9.59 Å². The van der Waals surface area contributed by atoms with Crippen molar-refractivity contribution in [3.8, 4) is 5.75 Å². The Balaban J connectivity index is 2.42. The first-order valence-corrected chi connectivity index (χ1v) is 6.66. The minimum atomic E-state index is -0.498. The van der Waals surface area contributed by atoms with E-state index in [0.717, 1.165) is 12.0 Å². The highest BCUT2D eigenvalue weighted by molar-refractivity contribution is 5.82. The van der Waals surface area contributed by atoms with Crippen LogP contribution in [-0.4, -0.2) is 24.1 Å². The third-order valence-corrected chi connectivity index (χ3v) is 2.42. The second-order valence-electron chi connectivity index (χ2n) is 5.53. The maximum atomic E-state index is 11.6. The Morgan fingerprint density at radius 1 is 1.25 bits per heavy atom. The number of esters is 1. The zero-order chi connectivity index (χ0) is 15.2. The number of ether oxygens (including phenoxy) is 1. The molecule has 0 radical (unpaired) electrons. The monoisotopic (exact) mass is 278 g/mol. The molecule has 0 aliphatic heterocycles. The quantitative estimate of drug-likeness (QED) is 0.655. The summed E-state index contributed by atoms with van der Waals surface area (Å²) in [6.07, 6.45) is 0.873. The number of nitrogens with one attached hydrogen (secondary N) is 2. The van der Waals surface area contributed by atoms with Gasteiger partial charge in [0, 0.05) is 5.54 Å². The van der Waals surface area contributed by atoms with Crippen molar-refractivity contribution in [2.45, 2.75) is 39.7 Å². The molecule has 110 valence electrons. The van der Waals surface area contributed by atoms with Crippen molar-refractivity contribution < 1.29 is 14.3 Å². The number of urea groups is 1. The van der Waals surface area contributed by atoms with Crippen molar-refractivity contribution in [2.24, 2.45) is 0 Å². The summed E-state index contributed by atoms with van der Waals surface area (Å²) in [7, 11) is 0. The molecule has 0 heterocycles. The van der Waals surface area contributed by atoms with Crippen LogP contribution in [0.4, 0.5) is 4.79 Å². The molecular formula is C15H22N2O3. The van der Waals surface area contributed by atoms with Gasteiger partial charge in [-0.05, 0) is 44.9 Å². The number of amides is 2. The van der Waals surface area contributed by atoms with Gasteiger partial charge >= 0.3 is 12.0 Å². The highest BCUT2D eigenvalue weighted by Gasteiger charge is 2.14. The molecule has 2 N–H and O–H groups in total. The zero-order valence-electron chi connectivity index (χ0n) is 12.4. The highest BCUT2D eigenvalue weighted by Crippen LogP contribution is 2.13. The lowest BCUT2D eigenvalue weighted by atomic mass is 10.1. The Bertz CT molecular complexity index is 478. The van der Waals surface area contributed by atoms with E-state index in [9.17, 15) is 9.59 Å². The Kier molecular flexibility index (Phi) is 5.55. The minimum absolute atomic E-state index is 0.168. The fraction of sp³-hybridized carbons (Fsp3) is 0.467. The van der Waals surface area contributed by atoms with Crippen LogP contribution in [0.5, 0.6) is 5.75 Å². The normalized spacial score (nSPS) is 10.8. The van der Waals surface area contributed by atoms with Gasteiger partial charge in [0.1, 0.15) is 12.3 Å². The van der Waals surface area contributed by atoms with Crippen LogP contribution in [0.1, 0.15) is 33.3 Å². The van der Waals surface area contributed by atoms with Crippen LogP contribution in [0.25, 0.3) is 0 Å². The van der Waals surface area contributed by atoms with E-state index in [1.165, 1.54) is 0 Å². The fourth-order valence-corrected chi connectivity index (χ4v) is 1.53. The third-order valence-electron chi connectivity index (χ3n) is 2.42. The lowest BCUT2D eigenvalue weighted by Gasteiger charge is -2.20. The van der Waals surface area contributed by atoms with E-state index in [1.807, 2.05) is 45.9 Å². The van der Waals surface area contributed by atoms with Gasteiger partial charge in [-0.2, -0.15) is 0 Å². The first kappa shape index (κ1) is 16.0. The van der Waals surface area contributed by atoms with Gasteiger partial charge < -0.3 is 15.4 Å². The van der Waals surface area contributed by atoms with Crippen LogP contribution >= 0.6 is 0 Å². The number of carbonyl (C=O) groups excluding carboxylic acids is 2. The summed E-state index contributed by atoms with van der Waals surface area (Å²) in [5.74, 6) is -0.00492. The third kappa shape index (κ3) is 6.22. The molecule has 0 unspecified atom stereocenters. The smallest absolute Gasteiger partial charge is 0.330 e. The van der Waals surface area contributed by atoms with Gasteiger partial charge in [-0.3, -0.25) is 0 Å².